The molecule has 1 aliphatic carbocycles. The van der Waals surface area contributed by atoms with Gasteiger partial charge in [-0.25, -0.2) is 0 Å². The predicted molar refractivity (Wildman–Crippen MR) is 102 cm³/mol. The van der Waals surface area contributed by atoms with Crippen molar-refractivity contribution < 1.29 is 4.79 Å². The summed E-state index contributed by atoms with van der Waals surface area (Å²) in [7, 11) is 1.89. The highest BCUT2D eigenvalue weighted by Gasteiger charge is 2.38. The van der Waals surface area contributed by atoms with Crippen molar-refractivity contribution in [2.24, 2.45) is 18.4 Å². The van der Waals surface area contributed by atoms with E-state index in [0.29, 0.717) is 17.3 Å². The normalized spacial score (nSPS) is 21.9. The molecule has 1 aromatic heterocycles. The van der Waals surface area contributed by atoms with Crippen LogP contribution in [0.3, 0.4) is 0 Å². The molecule has 1 heterocycles. The Labute approximate surface area is 151 Å². The van der Waals surface area contributed by atoms with E-state index in [9.17, 15) is 4.79 Å². The van der Waals surface area contributed by atoms with E-state index in [1.165, 1.54) is 11.1 Å². The second kappa shape index (κ2) is 5.82. The van der Waals surface area contributed by atoms with E-state index in [2.05, 4.69) is 45.8 Å². The zero-order chi connectivity index (χ0) is 18.7. The van der Waals surface area contributed by atoms with Gasteiger partial charge < -0.3 is 0 Å². The molecule has 0 fully saturated rings. The summed E-state index contributed by atoms with van der Waals surface area (Å²) in [5.41, 5.74) is 7.56. The average Bonchev–Trinajstić information content (AvgIpc) is 2.77. The standard InChI is InChI=1S/C22H30N2O/c1-12-14(3)22(6,7)11-17-9-10-18(13(2)19(12)17)21(25)20-15(4)23-24(8)16(20)5/h9-10,12,14H,11H2,1-8H3. The van der Waals surface area contributed by atoms with Crippen molar-refractivity contribution in [3.63, 3.8) is 0 Å². The largest absolute Gasteiger partial charge is 0.288 e. The molecule has 3 nitrogen and oxygen atoms in total. The number of carbonyl (C=O) groups excluding carboxylic acids is 1. The number of aryl methyl sites for hydroxylation is 2. The van der Waals surface area contributed by atoms with Crippen molar-refractivity contribution in [2.45, 2.75) is 60.8 Å². The van der Waals surface area contributed by atoms with E-state index >= 15 is 0 Å². The number of benzene rings is 1. The van der Waals surface area contributed by atoms with Crippen LogP contribution in [0.2, 0.25) is 0 Å². The molecule has 2 atom stereocenters. The summed E-state index contributed by atoms with van der Waals surface area (Å²) < 4.78 is 1.80. The molecular weight excluding hydrogens is 308 g/mol. The van der Waals surface area contributed by atoms with Crippen molar-refractivity contribution in [2.75, 3.05) is 0 Å². The lowest BCUT2D eigenvalue weighted by atomic mass is 9.62. The third-order valence-corrected chi connectivity index (χ3v) is 6.67. The summed E-state index contributed by atoms with van der Waals surface area (Å²) >= 11 is 0. The van der Waals surface area contributed by atoms with Gasteiger partial charge in [0.2, 0.25) is 0 Å². The number of ketones is 1. The summed E-state index contributed by atoms with van der Waals surface area (Å²) in [5, 5.41) is 4.42. The third-order valence-electron chi connectivity index (χ3n) is 6.67. The van der Waals surface area contributed by atoms with Crippen molar-refractivity contribution in [1.82, 2.24) is 9.78 Å². The SMILES string of the molecule is Cc1nn(C)c(C)c1C(=O)c1ccc2c(c1C)C(C)C(C)C(C)(C)C2. The van der Waals surface area contributed by atoms with Gasteiger partial charge in [-0.1, -0.05) is 39.8 Å². The lowest BCUT2D eigenvalue weighted by Crippen LogP contribution is -2.34. The molecule has 0 spiro atoms. The van der Waals surface area contributed by atoms with Crippen LogP contribution in [0.15, 0.2) is 12.1 Å². The van der Waals surface area contributed by atoms with Crippen molar-refractivity contribution >= 4 is 5.78 Å². The molecule has 0 bridgehead atoms. The number of aromatic nitrogens is 2. The quantitative estimate of drug-likeness (QED) is 0.730. The molecule has 3 heteroatoms. The fraction of sp³-hybridized carbons (Fsp3) is 0.545. The van der Waals surface area contributed by atoms with Gasteiger partial charge in [-0.05, 0) is 61.1 Å². The first-order valence-electron chi connectivity index (χ1n) is 9.23. The number of hydrogen-bond donors (Lipinski definition) is 0. The van der Waals surface area contributed by atoms with Gasteiger partial charge in [0, 0.05) is 18.3 Å². The Hall–Kier alpha value is -1.90. The van der Waals surface area contributed by atoms with Crippen LogP contribution in [0.1, 0.15) is 77.6 Å². The van der Waals surface area contributed by atoms with Gasteiger partial charge in [0.1, 0.15) is 0 Å². The predicted octanol–water partition coefficient (Wildman–Crippen LogP) is 4.90. The van der Waals surface area contributed by atoms with Gasteiger partial charge in [-0.2, -0.15) is 5.10 Å². The van der Waals surface area contributed by atoms with Crippen LogP contribution < -0.4 is 0 Å². The monoisotopic (exact) mass is 338 g/mol. The highest BCUT2D eigenvalue weighted by atomic mass is 16.1. The van der Waals surface area contributed by atoms with Gasteiger partial charge in [-0.3, -0.25) is 9.48 Å². The van der Waals surface area contributed by atoms with E-state index in [4.69, 9.17) is 0 Å². The molecule has 1 aliphatic rings. The molecule has 3 rings (SSSR count). The van der Waals surface area contributed by atoms with Gasteiger partial charge in [-0.15, -0.1) is 0 Å². The molecule has 0 N–H and O–H groups in total. The van der Waals surface area contributed by atoms with E-state index in [1.807, 2.05) is 27.0 Å². The Balaban J connectivity index is 2.14. The summed E-state index contributed by atoms with van der Waals surface area (Å²) in [5.74, 6) is 1.15. The molecular formula is C22H30N2O. The van der Waals surface area contributed by atoms with Crippen LogP contribution in [0, 0.1) is 32.1 Å². The minimum absolute atomic E-state index is 0.105. The number of rotatable bonds is 2. The molecule has 0 aliphatic heterocycles. The van der Waals surface area contributed by atoms with E-state index in [0.717, 1.165) is 34.5 Å². The van der Waals surface area contributed by atoms with Crippen LogP contribution in [0.5, 0.6) is 0 Å². The Bertz CT molecular complexity index is 857. The van der Waals surface area contributed by atoms with E-state index in [1.54, 1.807) is 4.68 Å². The second-order valence-corrected chi connectivity index (χ2v) is 8.55. The highest BCUT2D eigenvalue weighted by molar-refractivity contribution is 6.11. The Morgan fingerprint density at radius 3 is 2.40 bits per heavy atom. The van der Waals surface area contributed by atoms with Crippen molar-refractivity contribution in [3.8, 4) is 0 Å². The van der Waals surface area contributed by atoms with Crippen LogP contribution in [0.4, 0.5) is 0 Å². The lowest BCUT2D eigenvalue weighted by Gasteiger charge is -2.43. The molecule has 25 heavy (non-hydrogen) atoms. The third kappa shape index (κ3) is 2.65. The van der Waals surface area contributed by atoms with Gasteiger partial charge >= 0.3 is 0 Å². The number of nitrogens with zero attached hydrogens (tertiary/aromatic N) is 2. The molecule has 134 valence electrons. The number of hydrogen-bond acceptors (Lipinski definition) is 2. The number of carbonyl (C=O) groups is 1. The van der Waals surface area contributed by atoms with E-state index < -0.39 is 0 Å². The zero-order valence-electron chi connectivity index (χ0n) is 16.8. The van der Waals surface area contributed by atoms with Crippen LogP contribution in [0.25, 0.3) is 0 Å². The minimum atomic E-state index is 0.105. The first-order chi connectivity index (χ1) is 11.6. The Morgan fingerprint density at radius 2 is 1.84 bits per heavy atom. The van der Waals surface area contributed by atoms with Crippen LogP contribution in [-0.4, -0.2) is 15.6 Å². The maximum absolute atomic E-state index is 13.3. The Kier molecular flexibility index (Phi) is 4.17. The van der Waals surface area contributed by atoms with Gasteiger partial charge in [0.15, 0.2) is 5.78 Å². The highest BCUT2D eigenvalue weighted by Crippen LogP contribution is 2.48. The van der Waals surface area contributed by atoms with Crippen LogP contribution >= 0.6 is 0 Å². The number of fused-ring (bicyclic) bond motifs is 1. The average molecular weight is 338 g/mol. The fourth-order valence-corrected chi connectivity index (χ4v) is 4.63. The zero-order valence-corrected chi connectivity index (χ0v) is 16.8. The Morgan fingerprint density at radius 1 is 1.20 bits per heavy atom. The maximum Gasteiger partial charge on any atom is 0.197 e. The summed E-state index contributed by atoms with van der Waals surface area (Å²) in [4.78, 5) is 13.3. The van der Waals surface area contributed by atoms with Crippen molar-refractivity contribution in [3.05, 3.63) is 51.3 Å². The first kappa shape index (κ1) is 17.9. The van der Waals surface area contributed by atoms with Gasteiger partial charge in [0.05, 0.1) is 11.3 Å². The summed E-state index contributed by atoms with van der Waals surface area (Å²) in [6.07, 6.45) is 1.08. The topological polar surface area (TPSA) is 34.9 Å². The smallest absolute Gasteiger partial charge is 0.197 e. The molecule has 0 amide bonds. The molecule has 1 aromatic carbocycles. The van der Waals surface area contributed by atoms with Crippen LogP contribution in [-0.2, 0) is 13.5 Å². The second-order valence-electron chi connectivity index (χ2n) is 8.55. The molecule has 2 unspecified atom stereocenters. The molecule has 0 saturated heterocycles. The first-order valence-corrected chi connectivity index (χ1v) is 9.23. The lowest BCUT2D eigenvalue weighted by molar-refractivity contribution is 0.103. The van der Waals surface area contributed by atoms with Crippen molar-refractivity contribution in [1.29, 1.82) is 0 Å². The summed E-state index contributed by atoms with van der Waals surface area (Å²) in [6, 6.07) is 4.21. The molecule has 0 radical (unpaired) electrons. The fourth-order valence-electron chi connectivity index (χ4n) is 4.63. The van der Waals surface area contributed by atoms with E-state index in [-0.39, 0.29) is 5.78 Å². The maximum atomic E-state index is 13.3. The minimum Gasteiger partial charge on any atom is -0.288 e. The summed E-state index contributed by atoms with van der Waals surface area (Å²) in [6.45, 7) is 15.4. The van der Waals surface area contributed by atoms with Gasteiger partial charge in [0.25, 0.3) is 0 Å². The molecule has 2 aromatic rings. The molecule has 0 saturated carbocycles.